The number of esters is 2. The Morgan fingerprint density at radius 2 is 1.11 bits per heavy atom. The van der Waals surface area contributed by atoms with E-state index in [2.05, 4.69) is 22.6 Å². The Morgan fingerprint density at radius 3 is 1.67 bits per heavy atom. The Balaban J connectivity index is 1.67. The summed E-state index contributed by atoms with van der Waals surface area (Å²) in [7, 11) is 0. The van der Waals surface area contributed by atoms with Gasteiger partial charge in [-0.05, 0) is 41.0 Å². The zero-order chi connectivity index (χ0) is 25.9. The van der Waals surface area contributed by atoms with Crippen molar-refractivity contribution in [2.45, 2.75) is 0 Å². The minimum absolute atomic E-state index is 0.0566. The van der Waals surface area contributed by atoms with E-state index in [-0.39, 0.29) is 11.3 Å². The van der Waals surface area contributed by atoms with Crippen LogP contribution in [0.1, 0.15) is 0 Å². The zero-order valence-corrected chi connectivity index (χ0v) is 18.9. The molecular weight excluding hydrogens is 470 g/mol. The lowest BCUT2D eigenvalue weighted by molar-refractivity contribution is -0.133. The van der Waals surface area contributed by atoms with Crippen LogP contribution in [0.15, 0.2) is 111 Å². The monoisotopic (exact) mass is 490 g/mol. The van der Waals surface area contributed by atoms with Gasteiger partial charge in [-0.1, -0.05) is 49.6 Å². The minimum atomic E-state index is -1.18. The molecule has 0 aliphatic rings. The maximum Gasteiger partial charge on any atom is 0.335 e. The molecule has 3 aromatic rings. The van der Waals surface area contributed by atoms with E-state index in [1.165, 1.54) is 18.4 Å². The molecule has 0 aliphatic carbocycles. The van der Waals surface area contributed by atoms with Crippen LogP contribution in [0, 0.1) is 11.6 Å². The topological polar surface area (TPSA) is 71.1 Å². The van der Waals surface area contributed by atoms with Crippen LogP contribution in [0.4, 0.5) is 8.78 Å². The summed E-state index contributed by atoms with van der Waals surface area (Å²) in [5, 5.41) is 0. The van der Waals surface area contributed by atoms with Crippen molar-refractivity contribution in [3.05, 3.63) is 123 Å². The molecule has 0 fully saturated rings. The van der Waals surface area contributed by atoms with E-state index in [1.807, 2.05) is 12.1 Å². The largest absolute Gasteiger partial charge is 0.462 e. The van der Waals surface area contributed by atoms with Crippen LogP contribution in [0.3, 0.4) is 0 Å². The van der Waals surface area contributed by atoms with Gasteiger partial charge in [-0.25, -0.2) is 14.0 Å². The number of hydrogen-bond acceptors (Lipinski definition) is 6. The third-order valence-corrected chi connectivity index (χ3v) is 4.64. The highest BCUT2D eigenvalue weighted by molar-refractivity contribution is 5.82. The normalized spacial score (nSPS) is 10.7. The highest BCUT2D eigenvalue weighted by Gasteiger charge is 2.15. The van der Waals surface area contributed by atoms with Gasteiger partial charge in [0.05, 0.1) is 0 Å². The molecule has 0 aromatic heterocycles. The summed E-state index contributed by atoms with van der Waals surface area (Å²) >= 11 is 0. The van der Waals surface area contributed by atoms with E-state index in [9.17, 15) is 18.4 Å². The highest BCUT2D eigenvalue weighted by Crippen LogP contribution is 2.32. The molecule has 182 valence electrons. The number of carbonyl (C=O) groups excluding carboxylic acids is 2. The predicted molar refractivity (Wildman–Crippen MR) is 129 cm³/mol. The Kier molecular flexibility index (Phi) is 8.88. The van der Waals surface area contributed by atoms with Gasteiger partial charge in [-0.3, -0.25) is 0 Å². The van der Waals surface area contributed by atoms with Gasteiger partial charge in [-0.15, -0.1) is 0 Å². The second kappa shape index (κ2) is 12.5. The lowest BCUT2D eigenvalue weighted by Crippen LogP contribution is -1.96. The maximum atomic E-state index is 14.7. The van der Waals surface area contributed by atoms with E-state index >= 15 is 0 Å². The Labute approximate surface area is 206 Å². The molecule has 3 aromatic carbocycles. The summed E-state index contributed by atoms with van der Waals surface area (Å²) in [6, 6.07) is 16.6. The van der Waals surface area contributed by atoms with Crippen LogP contribution in [0.2, 0.25) is 0 Å². The third kappa shape index (κ3) is 6.77. The van der Waals surface area contributed by atoms with Gasteiger partial charge in [0.1, 0.15) is 30.8 Å². The van der Waals surface area contributed by atoms with Crippen LogP contribution in [0.25, 0.3) is 22.3 Å². The molecule has 0 bridgehead atoms. The third-order valence-electron chi connectivity index (χ3n) is 4.64. The molecule has 0 spiro atoms. The summed E-state index contributed by atoms with van der Waals surface area (Å²) in [5.41, 5.74) is 2.24. The van der Waals surface area contributed by atoms with Crippen LogP contribution in [-0.2, 0) is 19.1 Å². The molecule has 0 heterocycles. The Morgan fingerprint density at radius 1 is 0.611 bits per heavy atom. The summed E-state index contributed by atoms with van der Waals surface area (Å²) in [5.74, 6) is -3.42. The number of rotatable bonds is 10. The van der Waals surface area contributed by atoms with Gasteiger partial charge in [-0.2, -0.15) is 4.39 Å². The average molecular weight is 490 g/mol. The number of benzene rings is 3. The Bertz CT molecular complexity index is 1310. The first-order valence-electron chi connectivity index (χ1n) is 10.4. The minimum Gasteiger partial charge on any atom is -0.462 e. The van der Waals surface area contributed by atoms with Crippen molar-refractivity contribution in [2.24, 2.45) is 0 Å². The molecule has 0 N–H and O–H groups in total. The Hall–Kier alpha value is -4.98. The van der Waals surface area contributed by atoms with Gasteiger partial charge >= 0.3 is 11.9 Å². The van der Waals surface area contributed by atoms with Crippen molar-refractivity contribution in [2.75, 3.05) is 0 Å². The van der Waals surface area contributed by atoms with E-state index in [1.54, 1.807) is 36.4 Å². The number of halogens is 2. The fourth-order valence-corrected chi connectivity index (χ4v) is 2.91. The first-order valence-corrected chi connectivity index (χ1v) is 10.4. The van der Waals surface area contributed by atoms with Gasteiger partial charge in [0.15, 0.2) is 11.6 Å². The van der Waals surface area contributed by atoms with Crippen molar-refractivity contribution in [1.82, 2.24) is 0 Å². The van der Waals surface area contributed by atoms with E-state index in [0.29, 0.717) is 11.3 Å². The molecule has 36 heavy (non-hydrogen) atoms. The van der Waals surface area contributed by atoms with E-state index in [4.69, 9.17) is 9.47 Å². The maximum absolute atomic E-state index is 14.7. The lowest BCUT2D eigenvalue weighted by atomic mass is 9.99. The summed E-state index contributed by atoms with van der Waals surface area (Å²) in [6.45, 7) is 6.51. The molecule has 0 aliphatic heterocycles. The van der Waals surface area contributed by atoms with Crippen molar-refractivity contribution >= 4 is 11.9 Å². The summed E-state index contributed by atoms with van der Waals surface area (Å²) in [4.78, 5) is 21.9. The molecule has 0 radical (unpaired) electrons. The molecule has 0 saturated carbocycles. The number of hydrogen-bond donors (Lipinski definition) is 0. The molecule has 0 saturated heterocycles. The SMILES string of the molecule is C=CC(=O)OC=COc1ccc(-c2ccc(-c3ccc(OC=COC(=O)C=C)c(F)c3F)cc2)cc1. The summed E-state index contributed by atoms with van der Waals surface area (Å²) < 4.78 is 48.7. The van der Waals surface area contributed by atoms with E-state index in [0.717, 1.165) is 42.1 Å². The van der Waals surface area contributed by atoms with Gasteiger partial charge < -0.3 is 18.9 Å². The predicted octanol–water partition coefficient (Wildman–Crippen LogP) is 6.46. The second-order valence-corrected chi connectivity index (χ2v) is 6.90. The zero-order valence-electron chi connectivity index (χ0n) is 18.9. The van der Waals surface area contributed by atoms with Gasteiger partial charge in [0.25, 0.3) is 0 Å². The average Bonchev–Trinajstić information content (AvgIpc) is 2.91. The van der Waals surface area contributed by atoms with Gasteiger partial charge in [0.2, 0.25) is 5.82 Å². The fraction of sp³-hybridized carbons (Fsp3) is 0. The molecule has 0 unspecified atom stereocenters. The molecule has 6 nitrogen and oxygen atoms in total. The van der Waals surface area contributed by atoms with Crippen molar-refractivity contribution in [3.63, 3.8) is 0 Å². The molecule has 0 atom stereocenters. The smallest absolute Gasteiger partial charge is 0.335 e. The second-order valence-electron chi connectivity index (χ2n) is 6.90. The molecule has 8 heteroatoms. The van der Waals surface area contributed by atoms with Gasteiger partial charge in [0, 0.05) is 17.7 Å². The van der Waals surface area contributed by atoms with Crippen molar-refractivity contribution in [3.8, 4) is 33.8 Å². The molecule has 3 rings (SSSR count). The molecule has 0 amide bonds. The standard InChI is InChI=1S/C28H20F2O6/c1-3-25(31)35-17-15-33-22-11-9-20(10-12-22)19-5-7-21(8-6-19)23-13-14-24(28(30)27(23)29)34-16-18-36-26(32)4-2/h3-18H,1-2H2. The summed E-state index contributed by atoms with van der Waals surface area (Å²) in [6.07, 6.45) is 6.12. The first-order chi connectivity index (χ1) is 17.4. The fourth-order valence-electron chi connectivity index (χ4n) is 2.91. The quantitative estimate of drug-likeness (QED) is 0.185. The van der Waals surface area contributed by atoms with Crippen molar-refractivity contribution < 1.29 is 37.3 Å². The first kappa shape index (κ1) is 25.6. The van der Waals surface area contributed by atoms with E-state index < -0.39 is 23.6 Å². The molecular formula is C28H20F2O6. The number of carbonyl (C=O) groups is 2. The van der Waals surface area contributed by atoms with Crippen LogP contribution >= 0.6 is 0 Å². The van der Waals surface area contributed by atoms with Crippen LogP contribution < -0.4 is 9.47 Å². The number of ether oxygens (including phenoxy) is 4. The lowest BCUT2D eigenvalue weighted by Gasteiger charge is -2.09. The van der Waals surface area contributed by atoms with Crippen molar-refractivity contribution in [1.29, 1.82) is 0 Å². The van der Waals surface area contributed by atoms with Crippen LogP contribution in [-0.4, -0.2) is 11.9 Å². The highest BCUT2D eigenvalue weighted by atomic mass is 19.2. The van der Waals surface area contributed by atoms with Crippen LogP contribution in [0.5, 0.6) is 11.5 Å².